The molecule has 0 heterocycles. The highest BCUT2D eigenvalue weighted by atomic mass is 79.9. The first-order valence-corrected chi connectivity index (χ1v) is 4.26. The van der Waals surface area contributed by atoms with Crippen molar-refractivity contribution in [3.63, 3.8) is 0 Å². The Labute approximate surface area is 83.7 Å². The molecule has 1 aromatic carbocycles. The second kappa shape index (κ2) is 4.13. The van der Waals surface area contributed by atoms with E-state index in [-0.39, 0.29) is 0 Å². The molecule has 0 N–H and O–H groups in total. The number of hydrogen-bond donors (Lipinski definition) is 0. The van der Waals surface area contributed by atoms with Crippen LogP contribution in [0.25, 0.3) is 0 Å². The first-order chi connectivity index (χ1) is 5.79. The van der Waals surface area contributed by atoms with Gasteiger partial charge in [-0.3, -0.25) is 0 Å². The molecule has 1 aromatic rings. The highest BCUT2D eigenvalue weighted by Crippen LogP contribution is 2.28. The van der Waals surface area contributed by atoms with Crippen molar-refractivity contribution >= 4 is 39.0 Å². The van der Waals surface area contributed by atoms with Crippen LogP contribution in [-0.4, -0.2) is 5.16 Å². The summed E-state index contributed by atoms with van der Waals surface area (Å²) in [6, 6.07) is 7.25. The minimum absolute atomic E-state index is 0.488. The molecule has 1 rings (SSSR count). The topological polar surface area (TPSA) is 36.1 Å². The molecule has 0 amide bonds. The number of isothiocyanates is 1. The molecule has 12 heavy (non-hydrogen) atoms. The Balaban J connectivity index is 3.41. The van der Waals surface area contributed by atoms with Crippen molar-refractivity contribution in [3.05, 3.63) is 28.2 Å². The predicted octanol–water partition coefficient (Wildman–Crippen LogP) is 3.06. The van der Waals surface area contributed by atoms with Gasteiger partial charge in [0.05, 0.1) is 10.7 Å². The van der Waals surface area contributed by atoms with Gasteiger partial charge in [-0.2, -0.15) is 10.3 Å². The van der Waals surface area contributed by atoms with Gasteiger partial charge >= 0.3 is 0 Å². The van der Waals surface area contributed by atoms with E-state index in [1.165, 1.54) is 0 Å². The maximum atomic E-state index is 8.68. The van der Waals surface area contributed by atoms with Gasteiger partial charge in [-0.15, -0.1) is 0 Å². The zero-order chi connectivity index (χ0) is 8.97. The van der Waals surface area contributed by atoms with Crippen LogP contribution in [0.1, 0.15) is 5.56 Å². The van der Waals surface area contributed by atoms with Crippen molar-refractivity contribution < 1.29 is 0 Å². The summed E-state index contributed by atoms with van der Waals surface area (Å²) in [5, 5.41) is 10.9. The fourth-order valence-electron chi connectivity index (χ4n) is 0.765. The molecular formula is C8H3BrN2S. The minimum Gasteiger partial charge on any atom is -0.192 e. The zero-order valence-electron chi connectivity index (χ0n) is 5.91. The lowest BCUT2D eigenvalue weighted by Gasteiger charge is -1.96. The Morgan fingerprint density at radius 3 is 2.83 bits per heavy atom. The Hall–Kier alpha value is -1.01. The maximum Gasteiger partial charge on any atom is 0.106 e. The Morgan fingerprint density at radius 2 is 2.25 bits per heavy atom. The molecule has 4 heteroatoms. The third kappa shape index (κ3) is 1.77. The molecule has 58 valence electrons. The highest BCUT2D eigenvalue weighted by molar-refractivity contribution is 9.10. The van der Waals surface area contributed by atoms with Crippen LogP contribution in [0.15, 0.2) is 27.7 Å². The van der Waals surface area contributed by atoms with Gasteiger partial charge in [-0.05, 0) is 40.3 Å². The van der Waals surface area contributed by atoms with E-state index in [1.54, 1.807) is 18.2 Å². The summed E-state index contributed by atoms with van der Waals surface area (Å²) in [5.74, 6) is 0. The number of para-hydroxylation sites is 1. The van der Waals surface area contributed by atoms with E-state index in [1.807, 2.05) is 6.07 Å². The lowest BCUT2D eigenvalue weighted by atomic mass is 10.2. The van der Waals surface area contributed by atoms with Gasteiger partial charge < -0.3 is 0 Å². The molecule has 0 aliphatic carbocycles. The summed E-state index contributed by atoms with van der Waals surface area (Å²) < 4.78 is 0.749. The average Bonchev–Trinajstić information content (AvgIpc) is 2.09. The molecule has 0 bridgehead atoms. The molecule has 0 aliphatic rings. The molecule has 0 spiro atoms. The molecule has 0 saturated carbocycles. The van der Waals surface area contributed by atoms with Crippen molar-refractivity contribution in [1.82, 2.24) is 0 Å². The monoisotopic (exact) mass is 238 g/mol. The number of halogens is 1. The summed E-state index contributed by atoms with van der Waals surface area (Å²) in [6.07, 6.45) is 0. The fourth-order valence-corrected chi connectivity index (χ4v) is 1.31. The zero-order valence-corrected chi connectivity index (χ0v) is 8.32. The van der Waals surface area contributed by atoms with Crippen LogP contribution in [0.5, 0.6) is 0 Å². The third-order valence-corrected chi connectivity index (χ3v) is 2.00. The van der Waals surface area contributed by atoms with E-state index in [0.29, 0.717) is 11.3 Å². The van der Waals surface area contributed by atoms with Crippen molar-refractivity contribution in [1.29, 1.82) is 5.26 Å². The van der Waals surface area contributed by atoms with Crippen LogP contribution in [-0.2, 0) is 0 Å². The first kappa shape index (κ1) is 9.08. The number of aliphatic imine (C=N–C) groups is 1. The standard InChI is InChI=1S/C8H3BrN2S/c9-7-3-1-2-6(4-10)8(7)11-5-12/h1-3H. The predicted molar refractivity (Wildman–Crippen MR) is 53.5 cm³/mol. The van der Waals surface area contributed by atoms with Crippen LogP contribution < -0.4 is 0 Å². The molecule has 0 fully saturated rings. The van der Waals surface area contributed by atoms with Gasteiger partial charge in [0.1, 0.15) is 11.8 Å². The molecule has 0 aliphatic heterocycles. The minimum atomic E-state index is 0.488. The lowest BCUT2D eigenvalue weighted by molar-refractivity contribution is 1.43. The van der Waals surface area contributed by atoms with Gasteiger partial charge in [0.15, 0.2) is 0 Å². The Morgan fingerprint density at radius 1 is 1.50 bits per heavy atom. The second-order valence-corrected chi connectivity index (χ2v) is 2.99. The first-order valence-electron chi connectivity index (χ1n) is 3.06. The number of nitriles is 1. The van der Waals surface area contributed by atoms with Crippen LogP contribution in [0.2, 0.25) is 0 Å². The average molecular weight is 239 g/mol. The number of hydrogen-bond acceptors (Lipinski definition) is 3. The van der Waals surface area contributed by atoms with Crippen molar-refractivity contribution in [3.8, 4) is 6.07 Å². The van der Waals surface area contributed by atoms with E-state index in [9.17, 15) is 0 Å². The summed E-state index contributed by atoms with van der Waals surface area (Å²) >= 11 is 7.71. The quantitative estimate of drug-likeness (QED) is 0.557. The van der Waals surface area contributed by atoms with Crippen LogP contribution >= 0.6 is 28.1 Å². The SMILES string of the molecule is N#Cc1cccc(Br)c1N=C=S. The summed E-state index contributed by atoms with van der Waals surface area (Å²) in [6.45, 7) is 0. The Bertz CT molecular complexity index is 389. The summed E-state index contributed by atoms with van der Waals surface area (Å²) in [5.41, 5.74) is 1.02. The van der Waals surface area contributed by atoms with Crippen LogP contribution in [0.4, 0.5) is 5.69 Å². The molecule has 0 unspecified atom stereocenters. The van der Waals surface area contributed by atoms with Gasteiger partial charge in [0.25, 0.3) is 0 Å². The molecule has 0 aromatic heterocycles. The van der Waals surface area contributed by atoms with Crippen LogP contribution in [0, 0.1) is 11.3 Å². The summed E-state index contributed by atoms with van der Waals surface area (Å²) in [7, 11) is 0. The second-order valence-electron chi connectivity index (χ2n) is 1.95. The van der Waals surface area contributed by atoms with E-state index in [4.69, 9.17) is 5.26 Å². The number of thiocarbonyl (C=S) groups is 1. The van der Waals surface area contributed by atoms with Gasteiger partial charge in [-0.1, -0.05) is 6.07 Å². The molecule has 0 saturated heterocycles. The highest BCUT2D eigenvalue weighted by Gasteiger charge is 2.02. The molecule has 0 atom stereocenters. The third-order valence-electron chi connectivity index (χ3n) is 1.26. The van der Waals surface area contributed by atoms with Crippen molar-refractivity contribution in [2.75, 3.05) is 0 Å². The van der Waals surface area contributed by atoms with E-state index >= 15 is 0 Å². The lowest BCUT2D eigenvalue weighted by Crippen LogP contribution is -1.76. The fraction of sp³-hybridized carbons (Fsp3) is 0. The van der Waals surface area contributed by atoms with E-state index in [2.05, 4.69) is 38.3 Å². The van der Waals surface area contributed by atoms with Crippen molar-refractivity contribution in [2.45, 2.75) is 0 Å². The van der Waals surface area contributed by atoms with E-state index < -0.39 is 0 Å². The summed E-state index contributed by atoms with van der Waals surface area (Å²) in [4.78, 5) is 3.77. The molecule has 0 radical (unpaired) electrons. The Kier molecular flexibility index (Phi) is 3.12. The smallest absolute Gasteiger partial charge is 0.106 e. The maximum absolute atomic E-state index is 8.68. The van der Waals surface area contributed by atoms with Gasteiger partial charge in [-0.25, -0.2) is 0 Å². The number of nitrogens with zero attached hydrogens (tertiary/aromatic N) is 2. The van der Waals surface area contributed by atoms with Crippen molar-refractivity contribution in [2.24, 2.45) is 4.99 Å². The largest absolute Gasteiger partial charge is 0.192 e. The number of rotatable bonds is 1. The normalized spacial score (nSPS) is 8.33. The molecular weight excluding hydrogens is 236 g/mol. The van der Waals surface area contributed by atoms with Gasteiger partial charge in [0.2, 0.25) is 0 Å². The van der Waals surface area contributed by atoms with E-state index in [0.717, 1.165) is 4.47 Å². The van der Waals surface area contributed by atoms with Crippen LogP contribution in [0.3, 0.4) is 0 Å². The van der Waals surface area contributed by atoms with Gasteiger partial charge in [0, 0.05) is 4.47 Å². The molecule has 2 nitrogen and oxygen atoms in total. The number of benzene rings is 1.